The molecule has 84 valence electrons. The largest absolute Gasteiger partial charge is 0.319 e. The molecule has 0 spiro atoms. The van der Waals surface area contributed by atoms with Gasteiger partial charge in [-0.2, -0.15) is 5.10 Å². The molecular weight excluding hydrogens is 198 g/mol. The summed E-state index contributed by atoms with van der Waals surface area (Å²) in [4.78, 5) is 0. The van der Waals surface area contributed by atoms with Crippen LogP contribution >= 0.6 is 0 Å². The second kappa shape index (κ2) is 4.10. The van der Waals surface area contributed by atoms with E-state index in [1.807, 2.05) is 19.3 Å². The minimum absolute atomic E-state index is 0.139. The van der Waals surface area contributed by atoms with Crippen molar-refractivity contribution >= 4 is 0 Å². The van der Waals surface area contributed by atoms with Crippen molar-refractivity contribution in [1.29, 1.82) is 0 Å². The van der Waals surface area contributed by atoms with Gasteiger partial charge in [-0.25, -0.2) is 0 Å². The minimum atomic E-state index is -0.139. The first-order valence-corrected chi connectivity index (χ1v) is 5.39. The van der Waals surface area contributed by atoms with Crippen LogP contribution in [0.3, 0.4) is 0 Å². The number of benzene rings is 1. The molecule has 2 rings (SSSR count). The van der Waals surface area contributed by atoms with E-state index in [-0.39, 0.29) is 6.04 Å². The molecule has 16 heavy (non-hydrogen) atoms. The van der Waals surface area contributed by atoms with E-state index < -0.39 is 0 Å². The SMILES string of the molecule is Cc1cc(C)cc(C(N)c2ccn(C)n2)c1. The topological polar surface area (TPSA) is 43.8 Å². The number of nitrogens with two attached hydrogens (primary N) is 1. The molecule has 2 aromatic rings. The average molecular weight is 215 g/mol. The summed E-state index contributed by atoms with van der Waals surface area (Å²) in [6.07, 6.45) is 1.91. The molecule has 1 unspecified atom stereocenters. The summed E-state index contributed by atoms with van der Waals surface area (Å²) in [6.45, 7) is 4.17. The number of nitrogens with zero attached hydrogens (tertiary/aromatic N) is 2. The predicted molar refractivity (Wildman–Crippen MR) is 65.2 cm³/mol. The highest BCUT2D eigenvalue weighted by atomic mass is 15.3. The van der Waals surface area contributed by atoms with Crippen LogP contribution < -0.4 is 5.73 Å². The molecule has 3 heteroatoms. The quantitative estimate of drug-likeness (QED) is 0.833. The molecule has 0 saturated carbocycles. The average Bonchev–Trinajstić information content (AvgIpc) is 2.62. The highest BCUT2D eigenvalue weighted by Gasteiger charge is 2.11. The smallest absolute Gasteiger partial charge is 0.0837 e. The normalized spacial score (nSPS) is 12.8. The molecule has 1 aromatic heterocycles. The van der Waals surface area contributed by atoms with Crippen molar-refractivity contribution in [3.05, 3.63) is 52.8 Å². The third-order valence-corrected chi connectivity index (χ3v) is 2.66. The van der Waals surface area contributed by atoms with E-state index in [1.165, 1.54) is 11.1 Å². The van der Waals surface area contributed by atoms with Crippen LogP contribution in [0, 0.1) is 13.8 Å². The summed E-state index contributed by atoms with van der Waals surface area (Å²) in [5.41, 5.74) is 10.7. The fourth-order valence-electron chi connectivity index (χ4n) is 1.96. The highest BCUT2D eigenvalue weighted by molar-refractivity contribution is 5.34. The first-order chi connectivity index (χ1) is 7.56. The molecule has 3 nitrogen and oxygen atoms in total. The van der Waals surface area contributed by atoms with E-state index in [0.717, 1.165) is 11.3 Å². The van der Waals surface area contributed by atoms with Crippen molar-refractivity contribution in [2.75, 3.05) is 0 Å². The van der Waals surface area contributed by atoms with Gasteiger partial charge >= 0.3 is 0 Å². The van der Waals surface area contributed by atoms with Gasteiger partial charge in [-0.1, -0.05) is 29.3 Å². The van der Waals surface area contributed by atoms with Crippen LogP contribution in [0.4, 0.5) is 0 Å². The second-order valence-corrected chi connectivity index (χ2v) is 4.31. The van der Waals surface area contributed by atoms with Gasteiger partial charge in [0.05, 0.1) is 11.7 Å². The Morgan fingerprint density at radius 2 is 1.81 bits per heavy atom. The Bertz CT molecular complexity index is 479. The van der Waals surface area contributed by atoms with Crippen molar-refractivity contribution in [3.63, 3.8) is 0 Å². The lowest BCUT2D eigenvalue weighted by Gasteiger charge is -2.11. The van der Waals surface area contributed by atoms with E-state index >= 15 is 0 Å². The zero-order valence-electron chi connectivity index (χ0n) is 9.94. The van der Waals surface area contributed by atoms with Gasteiger partial charge in [-0.3, -0.25) is 4.68 Å². The Balaban J connectivity index is 2.37. The van der Waals surface area contributed by atoms with Gasteiger partial charge in [0.25, 0.3) is 0 Å². The van der Waals surface area contributed by atoms with Crippen molar-refractivity contribution in [2.24, 2.45) is 12.8 Å². The fourth-order valence-corrected chi connectivity index (χ4v) is 1.96. The lowest BCUT2D eigenvalue weighted by Crippen LogP contribution is -2.13. The zero-order valence-corrected chi connectivity index (χ0v) is 9.94. The van der Waals surface area contributed by atoms with Crippen LogP contribution in [-0.2, 0) is 7.05 Å². The van der Waals surface area contributed by atoms with Gasteiger partial charge in [-0.05, 0) is 25.5 Å². The molecule has 0 radical (unpaired) electrons. The number of hydrogen-bond donors (Lipinski definition) is 1. The molecule has 0 amide bonds. The molecular formula is C13H17N3. The van der Waals surface area contributed by atoms with Gasteiger partial charge in [0, 0.05) is 13.2 Å². The second-order valence-electron chi connectivity index (χ2n) is 4.31. The van der Waals surface area contributed by atoms with Crippen molar-refractivity contribution in [2.45, 2.75) is 19.9 Å². The van der Waals surface area contributed by atoms with E-state index in [4.69, 9.17) is 5.73 Å². The van der Waals surface area contributed by atoms with Crippen molar-refractivity contribution in [3.8, 4) is 0 Å². The number of rotatable bonds is 2. The summed E-state index contributed by atoms with van der Waals surface area (Å²) in [7, 11) is 1.90. The van der Waals surface area contributed by atoms with E-state index in [9.17, 15) is 0 Å². The molecule has 0 aliphatic heterocycles. The maximum absolute atomic E-state index is 6.19. The predicted octanol–water partition coefficient (Wildman–Crippen LogP) is 2.09. The number of aryl methyl sites for hydroxylation is 3. The number of aromatic nitrogens is 2. The first-order valence-electron chi connectivity index (χ1n) is 5.39. The molecule has 0 saturated heterocycles. The molecule has 0 aliphatic rings. The van der Waals surface area contributed by atoms with Crippen LogP contribution in [-0.4, -0.2) is 9.78 Å². The van der Waals surface area contributed by atoms with E-state index in [0.29, 0.717) is 0 Å². The Labute approximate surface area is 95.9 Å². The monoisotopic (exact) mass is 215 g/mol. The maximum Gasteiger partial charge on any atom is 0.0837 e. The minimum Gasteiger partial charge on any atom is -0.319 e. The molecule has 1 aromatic carbocycles. The van der Waals surface area contributed by atoms with Crippen LogP contribution in [0.15, 0.2) is 30.5 Å². The first kappa shape index (κ1) is 10.9. The van der Waals surface area contributed by atoms with Crippen LogP contribution in [0.1, 0.15) is 28.4 Å². The van der Waals surface area contributed by atoms with E-state index in [2.05, 4.69) is 37.1 Å². The maximum atomic E-state index is 6.19. The molecule has 2 N–H and O–H groups in total. The Kier molecular flexibility index (Phi) is 2.79. The highest BCUT2D eigenvalue weighted by Crippen LogP contribution is 2.20. The van der Waals surface area contributed by atoms with Gasteiger partial charge in [-0.15, -0.1) is 0 Å². The van der Waals surface area contributed by atoms with Gasteiger partial charge < -0.3 is 5.73 Å². The third-order valence-electron chi connectivity index (χ3n) is 2.66. The third kappa shape index (κ3) is 2.14. The molecule has 1 heterocycles. The van der Waals surface area contributed by atoms with Gasteiger partial charge in [0.2, 0.25) is 0 Å². The molecule has 1 atom stereocenters. The lowest BCUT2D eigenvalue weighted by atomic mass is 10.00. The van der Waals surface area contributed by atoms with Crippen LogP contribution in [0.2, 0.25) is 0 Å². The molecule has 0 fully saturated rings. The van der Waals surface area contributed by atoms with Crippen LogP contribution in [0.25, 0.3) is 0 Å². The summed E-state index contributed by atoms with van der Waals surface area (Å²) < 4.78 is 1.78. The van der Waals surface area contributed by atoms with Crippen LogP contribution in [0.5, 0.6) is 0 Å². The van der Waals surface area contributed by atoms with Gasteiger partial charge in [0.15, 0.2) is 0 Å². The van der Waals surface area contributed by atoms with Crippen molar-refractivity contribution in [1.82, 2.24) is 9.78 Å². The summed E-state index contributed by atoms with van der Waals surface area (Å²) in [6, 6.07) is 8.20. The lowest BCUT2D eigenvalue weighted by molar-refractivity contribution is 0.715. The molecule has 0 bridgehead atoms. The summed E-state index contributed by atoms with van der Waals surface area (Å²) >= 11 is 0. The summed E-state index contributed by atoms with van der Waals surface area (Å²) in [5.74, 6) is 0. The Morgan fingerprint density at radius 3 is 2.31 bits per heavy atom. The van der Waals surface area contributed by atoms with Gasteiger partial charge in [0.1, 0.15) is 0 Å². The molecule has 0 aliphatic carbocycles. The fraction of sp³-hybridized carbons (Fsp3) is 0.308. The standard InChI is InChI=1S/C13H17N3/c1-9-6-10(2)8-11(7-9)13(14)12-4-5-16(3)15-12/h4-8,13H,14H2,1-3H3. The van der Waals surface area contributed by atoms with E-state index in [1.54, 1.807) is 4.68 Å². The number of hydrogen-bond acceptors (Lipinski definition) is 2. The van der Waals surface area contributed by atoms with Crippen molar-refractivity contribution < 1.29 is 0 Å². The Morgan fingerprint density at radius 1 is 1.19 bits per heavy atom. The Hall–Kier alpha value is -1.61. The summed E-state index contributed by atoms with van der Waals surface area (Å²) in [5, 5.41) is 4.34. The zero-order chi connectivity index (χ0) is 11.7.